The third-order valence-corrected chi connectivity index (χ3v) is 1.37. The average molecular weight is 148 g/mol. The molecular formula is C9H10NO. The van der Waals surface area contributed by atoms with Crippen LogP contribution in [0.5, 0.6) is 0 Å². The third-order valence-electron chi connectivity index (χ3n) is 1.37. The summed E-state index contributed by atoms with van der Waals surface area (Å²) >= 11 is 0. The normalized spacial score (nSPS) is 9.27. The molecule has 57 valence electrons. The number of carbonyl (C=O) groups is 1. The molecule has 0 aromatic heterocycles. The van der Waals surface area contributed by atoms with E-state index in [1.807, 2.05) is 18.2 Å². The summed E-state index contributed by atoms with van der Waals surface area (Å²) in [5, 5.41) is 0. The number of hydrogen-bond donors (Lipinski definition) is 0. The molecule has 1 aromatic rings. The second-order valence-corrected chi connectivity index (χ2v) is 2.37. The highest BCUT2D eigenvalue weighted by Gasteiger charge is 2.04. The van der Waals surface area contributed by atoms with Crippen LogP contribution in [0.4, 0.5) is 0 Å². The van der Waals surface area contributed by atoms with E-state index in [1.165, 1.54) is 4.90 Å². The molecule has 0 atom stereocenters. The van der Waals surface area contributed by atoms with Crippen molar-refractivity contribution in [2.45, 2.75) is 0 Å². The lowest BCUT2D eigenvalue weighted by atomic mass is 10.2. The Labute approximate surface area is 66.4 Å². The number of carbonyl (C=O) groups excluding carboxylic acids is 1. The van der Waals surface area contributed by atoms with Crippen molar-refractivity contribution in [2.24, 2.45) is 0 Å². The smallest absolute Gasteiger partial charge is 0.253 e. The Morgan fingerprint density at radius 2 is 1.91 bits per heavy atom. The maximum atomic E-state index is 11.2. The summed E-state index contributed by atoms with van der Waals surface area (Å²) in [4.78, 5) is 12.5. The maximum absolute atomic E-state index is 11.2. The molecule has 0 unspecified atom stereocenters. The van der Waals surface area contributed by atoms with Crippen LogP contribution < -0.4 is 0 Å². The van der Waals surface area contributed by atoms with Gasteiger partial charge < -0.3 is 4.90 Å². The predicted molar refractivity (Wildman–Crippen MR) is 43.9 cm³/mol. The SMILES string of the molecule is [CH2]N(C)C(=O)c1ccccc1. The molecule has 1 radical (unpaired) electrons. The lowest BCUT2D eigenvalue weighted by Gasteiger charge is -2.08. The Bertz CT molecular complexity index is 241. The van der Waals surface area contributed by atoms with Crippen molar-refractivity contribution in [3.63, 3.8) is 0 Å². The van der Waals surface area contributed by atoms with E-state index in [-0.39, 0.29) is 5.91 Å². The van der Waals surface area contributed by atoms with Gasteiger partial charge in [-0.15, -0.1) is 0 Å². The summed E-state index contributed by atoms with van der Waals surface area (Å²) in [6, 6.07) is 9.07. The fraction of sp³-hybridized carbons (Fsp3) is 0.111. The third kappa shape index (κ3) is 1.80. The van der Waals surface area contributed by atoms with Crippen LogP contribution in [0.25, 0.3) is 0 Å². The van der Waals surface area contributed by atoms with Gasteiger partial charge in [0.25, 0.3) is 5.91 Å². The van der Waals surface area contributed by atoms with Crippen LogP contribution in [0.2, 0.25) is 0 Å². The number of nitrogens with zero attached hydrogens (tertiary/aromatic N) is 1. The van der Waals surface area contributed by atoms with Gasteiger partial charge in [-0.1, -0.05) is 18.2 Å². The van der Waals surface area contributed by atoms with E-state index in [4.69, 9.17) is 0 Å². The first kappa shape index (κ1) is 7.79. The first-order valence-electron chi connectivity index (χ1n) is 3.35. The van der Waals surface area contributed by atoms with E-state index >= 15 is 0 Å². The van der Waals surface area contributed by atoms with Gasteiger partial charge in [0.05, 0.1) is 0 Å². The Balaban J connectivity index is 2.86. The molecule has 0 heterocycles. The monoisotopic (exact) mass is 148 g/mol. The molecule has 2 nitrogen and oxygen atoms in total. The Kier molecular flexibility index (Phi) is 2.26. The molecule has 0 aliphatic carbocycles. The van der Waals surface area contributed by atoms with Gasteiger partial charge >= 0.3 is 0 Å². The van der Waals surface area contributed by atoms with Crippen LogP contribution in [0.1, 0.15) is 10.4 Å². The quantitative estimate of drug-likeness (QED) is 0.591. The minimum atomic E-state index is -0.0643. The van der Waals surface area contributed by atoms with Crippen molar-refractivity contribution < 1.29 is 4.79 Å². The van der Waals surface area contributed by atoms with E-state index in [0.717, 1.165) is 0 Å². The van der Waals surface area contributed by atoms with Gasteiger partial charge in [-0.2, -0.15) is 0 Å². The van der Waals surface area contributed by atoms with Crippen LogP contribution in [-0.4, -0.2) is 17.9 Å². The molecule has 11 heavy (non-hydrogen) atoms. The van der Waals surface area contributed by atoms with Gasteiger partial charge in [0.15, 0.2) is 0 Å². The highest BCUT2D eigenvalue weighted by molar-refractivity contribution is 5.94. The Hall–Kier alpha value is -1.31. The number of amides is 1. The second kappa shape index (κ2) is 3.19. The molecule has 0 aliphatic rings. The van der Waals surface area contributed by atoms with Gasteiger partial charge in [-0.3, -0.25) is 4.79 Å². The fourth-order valence-electron chi connectivity index (χ4n) is 0.801. The molecule has 1 aromatic carbocycles. The fourth-order valence-corrected chi connectivity index (χ4v) is 0.801. The van der Waals surface area contributed by atoms with Gasteiger partial charge in [0, 0.05) is 19.7 Å². The van der Waals surface area contributed by atoms with Crippen LogP contribution in [0.3, 0.4) is 0 Å². The maximum Gasteiger partial charge on any atom is 0.253 e. The topological polar surface area (TPSA) is 20.3 Å². The minimum absolute atomic E-state index is 0.0643. The van der Waals surface area contributed by atoms with Crippen molar-refractivity contribution in [3.05, 3.63) is 42.9 Å². The molecule has 1 rings (SSSR count). The van der Waals surface area contributed by atoms with E-state index in [1.54, 1.807) is 19.2 Å². The zero-order valence-electron chi connectivity index (χ0n) is 6.45. The summed E-state index contributed by atoms with van der Waals surface area (Å²) in [6.45, 7) is 0. The van der Waals surface area contributed by atoms with Crippen molar-refractivity contribution in [3.8, 4) is 0 Å². The molecule has 0 spiro atoms. The molecule has 0 bridgehead atoms. The summed E-state index contributed by atoms with van der Waals surface area (Å²) in [5.74, 6) is -0.0643. The summed E-state index contributed by atoms with van der Waals surface area (Å²) in [5.41, 5.74) is 0.671. The van der Waals surface area contributed by atoms with Crippen LogP contribution in [-0.2, 0) is 0 Å². The molecule has 0 aliphatic heterocycles. The summed E-state index contributed by atoms with van der Waals surface area (Å²) in [7, 11) is 5.13. The number of hydrogen-bond acceptors (Lipinski definition) is 1. The van der Waals surface area contributed by atoms with E-state index in [0.29, 0.717) is 5.56 Å². The van der Waals surface area contributed by atoms with Crippen LogP contribution in [0.15, 0.2) is 30.3 Å². The molecule has 2 heteroatoms. The standard InChI is InChI=1S/C9H10NO/c1-10(2)9(11)8-6-4-3-5-7-8/h3-7H,1H2,2H3. The Morgan fingerprint density at radius 1 is 1.36 bits per heavy atom. The largest absolute Gasteiger partial charge is 0.340 e. The van der Waals surface area contributed by atoms with Crippen molar-refractivity contribution >= 4 is 5.91 Å². The number of rotatable bonds is 1. The zero-order chi connectivity index (χ0) is 8.27. The zero-order valence-corrected chi connectivity index (χ0v) is 6.45. The van der Waals surface area contributed by atoms with Gasteiger partial charge in [-0.05, 0) is 12.1 Å². The molecule has 1 amide bonds. The van der Waals surface area contributed by atoms with Crippen molar-refractivity contribution in [1.82, 2.24) is 4.90 Å². The molecule has 0 saturated heterocycles. The van der Waals surface area contributed by atoms with E-state index in [9.17, 15) is 4.79 Å². The first-order chi connectivity index (χ1) is 5.22. The average Bonchev–Trinajstić information content (AvgIpc) is 2.05. The first-order valence-corrected chi connectivity index (χ1v) is 3.35. The minimum Gasteiger partial charge on any atom is -0.340 e. The molecular weight excluding hydrogens is 138 g/mol. The highest BCUT2D eigenvalue weighted by atomic mass is 16.2. The molecule has 0 fully saturated rings. The highest BCUT2D eigenvalue weighted by Crippen LogP contribution is 2.00. The number of benzene rings is 1. The van der Waals surface area contributed by atoms with Gasteiger partial charge in [-0.25, -0.2) is 0 Å². The van der Waals surface area contributed by atoms with Crippen LogP contribution in [0, 0.1) is 7.05 Å². The lowest BCUT2D eigenvalue weighted by Crippen LogP contribution is -2.19. The van der Waals surface area contributed by atoms with Crippen molar-refractivity contribution in [1.29, 1.82) is 0 Å². The van der Waals surface area contributed by atoms with E-state index < -0.39 is 0 Å². The Morgan fingerprint density at radius 3 is 2.36 bits per heavy atom. The lowest BCUT2D eigenvalue weighted by molar-refractivity contribution is 0.0846. The van der Waals surface area contributed by atoms with Crippen LogP contribution >= 0.6 is 0 Å². The van der Waals surface area contributed by atoms with E-state index in [2.05, 4.69) is 7.05 Å². The van der Waals surface area contributed by atoms with Crippen molar-refractivity contribution in [2.75, 3.05) is 7.05 Å². The molecule has 0 N–H and O–H groups in total. The summed E-state index contributed by atoms with van der Waals surface area (Å²) < 4.78 is 0. The predicted octanol–water partition coefficient (Wildman–Crippen LogP) is 1.55. The summed E-state index contributed by atoms with van der Waals surface area (Å²) in [6.07, 6.45) is 0. The van der Waals surface area contributed by atoms with Gasteiger partial charge in [0.1, 0.15) is 0 Å². The molecule has 0 saturated carbocycles. The van der Waals surface area contributed by atoms with Gasteiger partial charge in [0.2, 0.25) is 0 Å². The second-order valence-electron chi connectivity index (χ2n) is 2.37.